The van der Waals surface area contributed by atoms with Crippen LogP contribution in [0.5, 0.6) is 0 Å². The molecule has 1 heterocycles. The third-order valence-electron chi connectivity index (χ3n) is 2.19. The van der Waals surface area contributed by atoms with E-state index in [4.69, 9.17) is 31.3 Å². The van der Waals surface area contributed by atoms with Crippen LogP contribution in [-0.4, -0.2) is 42.4 Å². The molecule has 18 heavy (non-hydrogen) atoms. The molecule has 100 valence electrons. The predicted octanol–water partition coefficient (Wildman–Crippen LogP) is 1.12. The van der Waals surface area contributed by atoms with Crippen molar-refractivity contribution in [2.75, 3.05) is 6.61 Å². The number of azide groups is 1. The first-order valence-electron chi connectivity index (χ1n) is 5.10. The van der Waals surface area contributed by atoms with Crippen molar-refractivity contribution in [1.29, 1.82) is 0 Å². The van der Waals surface area contributed by atoms with Crippen molar-refractivity contribution in [3.05, 3.63) is 10.4 Å². The molecule has 1 saturated heterocycles. The highest BCUT2D eigenvalue weighted by Gasteiger charge is 2.46. The summed E-state index contributed by atoms with van der Waals surface area (Å²) in [5.41, 5.74) is 8.34. The van der Waals surface area contributed by atoms with E-state index in [9.17, 15) is 9.59 Å². The number of rotatable bonds is 4. The molecule has 1 rings (SSSR count). The van der Waals surface area contributed by atoms with Gasteiger partial charge >= 0.3 is 11.9 Å². The maximum atomic E-state index is 10.9. The number of nitrogens with zero attached hydrogens (tertiary/aromatic N) is 3. The summed E-state index contributed by atoms with van der Waals surface area (Å²) in [7, 11) is 0. The minimum Gasteiger partial charge on any atom is -0.463 e. The number of ether oxygens (including phenoxy) is 3. The average molecular weight is 278 g/mol. The van der Waals surface area contributed by atoms with Crippen LogP contribution in [0.1, 0.15) is 13.8 Å². The summed E-state index contributed by atoms with van der Waals surface area (Å²) in [5, 5.41) is 2.51. The van der Waals surface area contributed by atoms with Crippen molar-refractivity contribution < 1.29 is 23.8 Å². The molecule has 1 fully saturated rings. The van der Waals surface area contributed by atoms with Gasteiger partial charge < -0.3 is 14.2 Å². The number of esters is 2. The lowest BCUT2D eigenvalue weighted by Gasteiger charge is -2.19. The van der Waals surface area contributed by atoms with E-state index < -0.39 is 35.8 Å². The highest BCUT2D eigenvalue weighted by molar-refractivity contribution is 6.21. The van der Waals surface area contributed by atoms with Gasteiger partial charge in [-0.05, 0) is 5.53 Å². The van der Waals surface area contributed by atoms with Crippen molar-refractivity contribution in [1.82, 2.24) is 0 Å². The first-order chi connectivity index (χ1) is 8.45. The van der Waals surface area contributed by atoms with Gasteiger partial charge in [0.2, 0.25) is 0 Å². The summed E-state index contributed by atoms with van der Waals surface area (Å²) in [6.45, 7) is 2.32. The van der Waals surface area contributed by atoms with Crippen molar-refractivity contribution in [2.45, 2.75) is 37.7 Å². The minimum absolute atomic E-state index is 0.131. The SMILES string of the molecule is CC(=O)OC[C@H]1OC(N=[N+]=[N-])[C@@H](Cl)[C@@H]1OC(C)=O. The Labute approximate surface area is 108 Å². The van der Waals surface area contributed by atoms with Crippen molar-refractivity contribution in [2.24, 2.45) is 5.11 Å². The molecule has 0 N–H and O–H groups in total. The topological polar surface area (TPSA) is 111 Å². The monoisotopic (exact) mass is 277 g/mol. The smallest absolute Gasteiger partial charge is 0.303 e. The van der Waals surface area contributed by atoms with Crippen LogP contribution in [0.2, 0.25) is 0 Å². The second-order valence-corrected chi connectivity index (χ2v) is 4.10. The fraction of sp³-hybridized carbons (Fsp3) is 0.778. The molecule has 1 unspecified atom stereocenters. The van der Waals surface area contributed by atoms with Gasteiger partial charge in [-0.2, -0.15) is 0 Å². The van der Waals surface area contributed by atoms with Gasteiger partial charge in [0.25, 0.3) is 0 Å². The highest BCUT2D eigenvalue weighted by atomic mass is 35.5. The quantitative estimate of drug-likeness (QED) is 0.251. The van der Waals surface area contributed by atoms with Gasteiger partial charge in [-0.25, -0.2) is 0 Å². The maximum absolute atomic E-state index is 10.9. The lowest BCUT2D eigenvalue weighted by molar-refractivity contribution is -0.154. The van der Waals surface area contributed by atoms with E-state index in [0.717, 1.165) is 0 Å². The summed E-state index contributed by atoms with van der Waals surface area (Å²) >= 11 is 5.97. The van der Waals surface area contributed by atoms with Gasteiger partial charge in [0.15, 0.2) is 12.3 Å². The normalized spacial score (nSPS) is 30.4. The molecule has 0 amide bonds. The first kappa shape index (κ1) is 14.6. The number of carbonyl (C=O) groups excluding carboxylic acids is 2. The molecule has 0 aromatic heterocycles. The van der Waals surface area contributed by atoms with Crippen LogP contribution < -0.4 is 0 Å². The molecule has 4 atom stereocenters. The lowest BCUT2D eigenvalue weighted by Crippen LogP contribution is -2.36. The Bertz CT molecular complexity index is 384. The number of alkyl halides is 1. The summed E-state index contributed by atoms with van der Waals surface area (Å²) in [6.07, 6.45) is -2.56. The molecular formula is C9H12ClN3O5. The zero-order chi connectivity index (χ0) is 13.7. The van der Waals surface area contributed by atoms with E-state index in [1.807, 2.05) is 0 Å². The van der Waals surface area contributed by atoms with Gasteiger partial charge in [0, 0.05) is 18.8 Å². The van der Waals surface area contributed by atoms with Gasteiger partial charge in [-0.3, -0.25) is 9.59 Å². The number of hydrogen-bond donors (Lipinski definition) is 0. The van der Waals surface area contributed by atoms with Crippen molar-refractivity contribution >= 4 is 23.5 Å². The summed E-state index contributed by atoms with van der Waals surface area (Å²) < 4.78 is 15.0. The molecule has 0 aliphatic carbocycles. The fourth-order valence-corrected chi connectivity index (χ4v) is 1.83. The molecule has 8 nitrogen and oxygen atoms in total. The molecular weight excluding hydrogens is 266 g/mol. The van der Waals surface area contributed by atoms with E-state index in [0.29, 0.717) is 0 Å². The fourth-order valence-electron chi connectivity index (χ4n) is 1.51. The van der Waals surface area contributed by atoms with Gasteiger partial charge in [-0.15, -0.1) is 11.6 Å². The summed E-state index contributed by atoms with van der Waals surface area (Å²) in [5.74, 6) is -1.05. The minimum atomic E-state index is -0.971. The largest absolute Gasteiger partial charge is 0.463 e. The van der Waals surface area contributed by atoms with Crippen LogP contribution in [-0.2, 0) is 23.8 Å². The number of hydrogen-bond acceptors (Lipinski definition) is 6. The Hall–Kier alpha value is -1.50. The van der Waals surface area contributed by atoms with Gasteiger partial charge in [0.1, 0.15) is 18.1 Å². The molecule has 0 saturated carbocycles. The van der Waals surface area contributed by atoms with Gasteiger partial charge in [-0.1, -0.05) is 5.11 Å². The molecule has 1 aliphatic heterocycles. The molecule has 0 spiro atoms. The second-order valence-electron chi connectivity index (χ2n) is 3.59. The van der Waals surface area contributed by atoms with Crippen LogP contribution in [0.25, 0.3) is 10.4 Å². The van der Waals surface area contributed by atoms with Crippen LogP contribution >= 0.6 is 11.6 Å². The second kappa shape index (κ2) is 6.44. The van der Waals surface area contributed by atoms with Gasteiger partial charge in [0.05, 0.1) is 0 Å². The Balaban J connectivity index is 2.74. The molecule has 0 aromatic carbocycles. The molecule has 0 radical (unpaired) electrons. The Morgan fingerprint density at radius 1 is 1.44 bits per heavy atom. The Kier molecular flexibility index (Phi) is 5.21. The van der Waals surface area contributed by atoms with Crippen LogP contribution in [0.15, 0.2) is 5.11 Å². The van der Waals surface area contributed by atoms with E-state index in [1.54, 1.807) is 0 Å². The lowest BCUT2D eigenvalue weighted by atomic mass is 10.2. The third-order valence-corrected chi connectivity index (χ3v) is 2.65. The van der Waals surface area contributed by atoms with Crippen molar-refractivity contribution in [3.8, 4) is 0 Å². The zero-order valence-electron chi connectivity index (χ0n) is 9.78. The third kappa shape index (κ3) is 3.76. The van der Waals surface area contributed by atoms with Crippen LogP contribution in [0.4, 0.5) is 0 Å². The average Bonchev–Trinajstić information content (AvgIpc) is 2.55. The molecule has 9 heteroatoms. The van der Waals surface area contributed by atoms with Crippen molar-refractivity contribution in [3.63, 3.8) is 0 Å². The highest BCUT2D eigenvalue weighted by Crippen LogP contribution is 2.29. The van der Waals surface area contributed by atoms with E-state index in [-0.39, 0.29) is 6.61 Å². The van der Waals surface area contributed by atoms with E-state index in [2.05, 4.69) is 10.0 Å². The number of carbonyl (C=O) groups is 2. The Morgan fingerprint density at radius 3 is 2.61 bits per heavy atom. The summed E-state index contributed by atoms with van der Waals surface area (Å²) in [6, 6.07) is 0. The standard InChI is InChI=1S/C9H12ClN3O5/c1-4(14)16-3-6-8(17-5(2)15)7(10)9(18-6)12-13-11/h6-9H,3H2,1-2H3/t6-,7+,8-,9?/m1/s1. The first-order valence-corrected chi connectivity index (χ1v) is 5.53. The van der Waals surface area contributed by atoms with Crippen LogP contribution in [0, 0.1) is 0 Å². The molecule has 0 aromatic rings. The molecule has 1 aliphatic rings. The van der Waals surface area contributed by atoms with Crippen LogP contribution in [0.3, 0.4) is 0 Å². The molecule has 0 bridgehead atoms. The predicted molar refractivity (Wildman–Crippen MR) is 59.6 cm³/mol. The zero-order valence-corrected chi connectivity index (χ0v) is 10.5. The Morgan fingerprint density at radius 2 is 2.11 bits per heavy atom. The maximum Gasteiger partial charge on any atom is 0.303 e. The van der Waals surface area contributed by atoms with E-state index in [1.165, 1.54) is 13.8 Å². The summed E-state index contributed by atoms with van der Waals surface area (Å²) in [4.78, 5) is 24.2. The van der Waals surface area contributed by atoms with E-state index >= 15 is 0 Å². The number of halogens is 1.